The SMILES string of the molecule is CN(C)c1ccc(C(=O)Nc2ccc(N3CCNC3=O)cc2)cc1. The van der Waals surface area contributed by atoms with E-state index in [9.17, 15) is 9.59 Å². The fourth-order valence-electron chi connectivity index (χ4n) is 2.56. The molecule has 0 bridgehead atoms. The molecule has 124 valence electrons. The Kier molecular flexibility index (Phi) is 4.37. The van der Waals surface area contributed by atoms with Gasteiger partial charge in [-0.15, -0.1) is 0 Å². The van der Waals surface area contributed by atoms with Gasteiger partial charge >= 0.3 is 6.03 Å². The third-order valence-electron chi connectivity index (χ3n) is 3.94. The van der Waals surface area contributed by atoms with Crippen LogP contribution in [0.1, 0.15) is 10.4 Å². The second-order valence-corrected chi connectivity index (χ2v) is 5.83. The quantitative estimate of drug-likeness (QED) is 0.908. The molecule has 3 amide bonds. The van der Waals surface area contributed by atoms with Gasteiger partial charge in [0.05, 0.1) is 0 Å². The lowest BCUT2D eigenvalue weighted by Gasteiger charge is -2.15. The maximum atomic E-state index is 12.3. The van der Waals surface area contributed by atoms with Gasteiger partial charge < -0.3 is 15.5 Å². The molecule has 24 heavy (non-hydrogen) atoms. The van der Waals surface area contributed by atoms with Crippen LogP contribution in [0.3, 0.4) is 0 Å². The standard InChI is InChI=1S/C18H20N4O2/c1-21(2)15-7-3-13(4-8-15)17(23)20-14-5-9-16(10-6-14)22-12-11-19-18(22)24/h3-10H,11-12H2,1-2H3,(H,19,24)(H,20,23). The summed E-state index contributed by atoms with van der Waals surface area (Å²) in [5.41, 5.74) is 3.15. The Bertz CT molecular complexity index is 739. The highest BCUT2D eigenvalue weighted by atomic mass is 16.2. The molecule has 3 rings (SSSR count). The van der Waals surface area contributed by atoms with Crippen LogP contribution in [0.5, 0.6) is 0 Å². The lowest BCUT2D eigenvalue weighted by atomic mass is 10.2. The van der Waals surface area contributed by atoms with E-state index in [0.717, 1.165) is 11.4 Å². The van der Waals surface area contributed by atoms with Gasteiger partial charge in [-0.05, 0) is 48.5 Å². The zero-order valence-electron chi connectivity index (χ0n) is 13.7. The van der Waals surface area contributed by atoms with Crippen LogP contribution < -0.4 is 20.4 Å². The molecule has 1 saturated heterocycles. The van der Waals surface area contributed by atoms with E-state index in [2.05, 4.69) is 10.6 Å². The van der Waals surface area contributed by atoms with Crippen LogP contribution in [0.2, 0.25) is 0 Å². The van der Waals surface area contributed by atoms with E-state index in [4.69, 9.17) is 0 Å². The Morgan fingerprint density at radius 2 is 1.75 bits per heavy atom. The topological polar surface area (TPSA) is 64.7 Å². The molecule has 0 aliphatic carbocycles. The zero-order chi connectivity index (χ0) is 17.1. The van der Waals surface area contributed by atoms with Gasteiger partial charge in [0.15, 0.2) is 0 Å². The van der Waals surface area contributed by atoms with Crippen molar-refractivity contribution in [3.63, 3.8) is 0 Å². The van der Waals surface area contributed by atoms with Crippen molar-refractivity contribution in [2.75, 3.05) is 42.3 Å². The minimum absolute atomic E-state index is 0.0900. The van der Waals surface area contributed by atoms with Crippen molar-refractivity contribution in [2.24, 2.45) is 0 Å². The lowest BCUT2D eigenvalue weighted by molar-refractivity contribution is 0.102. The van der Waals surface area contributed by atoms with Gasteiger partial charge in [0, 0.05) is 49.8 Å². The van der Waals surface area contributed by atoms with Crippen molar-refractivity contribution in [2.45, 2.75) is 0 Å². The van der Waals surface area contributed by atoms with Crippen LogP contribution in [0, 0.1) is 0 Å². The number of anilines is 3. The average Bonchev–Trinajstić information content (AvgIpc) is 3.01. The van der Waals surface area contributed by atoms with E-state index < -0.39 is 0 Å². The van der Waals surface area contributed by atoms with E-state index in [0.29, 0.717) is 24.3 Å². The Labute approximate surface area is 141 Å². The molecule has 0 saturated carbocycles. The predicted molar refractivity (Wildman–Crippen MR) is 95.9 cm³/mol. The first kappa shape index (κ1) is 15.9. The first-order chi connectivity index (χ1) is 11.5. The molecule has 0 unspecified atom stereocenters. The summed E-state index contributed by atoms with van der Waals surface area (Å²) in [5.74, 6) is -0.160. The number of carbonyl (C=O) groups is 2. The van der Waals surface area contributed by atoms with Crippen LogP contribution >= 0.6 is 0 Å². The third kappa shape index (κ3) is 3.32. The maximum absolute atomic E-state index is 12.3. The highest BCUT2D eigenvalue weighted by Crippen LogP contribution is 2.20. The number of benzene rings is 2. The summed E-state index contributed by atoms with van der Waals surface area (Å²) in [6.45, 7) is 1.31. The summed E-state index contributed by atoms with van der Waals surface area (Å²) in [6, 6.07) is 14.6. The van der Waals surface area contributed by atoms with Gasteiger partial charge in [-0.3, -0.25) is 9.69 Å². The van der Waals surface area contributed by atoms with Gasteiger partial charge in [-0.1, -0.05) is 0 Å². The second kappa shape index (κ2) is 6.62. The second-order valence-electron chi connectivity index (χ2n) is 5.83. The monoisotopic (exact) mass is 324 g/mol. The molecule has 6 heteroatoms. The highest BCUT2D eigenvalue weighted by molar-refractivity contribution is 6.04. The van der Waals surface area contributed by atoms with Gasteiger partial charge in [0.2, 0.25) is 0 Å². The first-order valence-electron chi connectivity index (χ1n) is 7.79. The van der Waals surface area contributed by atoms with Gasteiger partial charge in [-0.25, -0.2) is 4.79 Å². The van der Waals surface area contributed by atoms with Crippen LogP contribution in [0.25, 0.3) is 0 Å². The minimum atomic E-state index is -0.160. The average molecular weight is 324 g/mol. The van der Waals surface area contributed by atoms with Crippen molar-refractivity contribution in [3.8, 4) is 0 Å². The van der Waals surface area contributed by atoms with Crippen LogP contribution in [0.4, 0.5) is 21.9 Å². The molecule has 2 aromatic carbocycles. The molecule has 0 radical (unpaired) electrons. The number of carbonyl (C=O) groups excluding carboxylic acids is 2. The Morgan fingerprint density at radius 1 is 1.08 bits per heavy atom. The molecule has 2 N–H and O–H groups in total. The summed E-state index contributed by atoms with van der Waals surface area (Å²) in [6.07, 6.45) is 0. The lowest BCUT2D eigenvalue weighted by Crippen LogP contribution is -2.27. The van der Waals surface area contributed by atoms with Crippen molar-refractivity contribution >= 4 is 29.0 Å². The number of urea groups is 1. The van der Waals surface area contributed by atoms with E-state index in [1.807, 2.05) is 43.3 Å². The number of nitrogens with one attached hydrogen (secondary N) is 2. The number of amides is 3. The van der Waals surface area contributed by atoms with E-state index in [-0.39, 0.29) is 11.9 Å². The van der Waals surface area contributed by atoms with Gasteiger partial charge in [0.1, 0.15) is 0 Å². The molecular formula is C18H20N4O2. The number of rotatable bonds is 4. The first-order valence-corrected chi connectivity index (χ1v) is 7.79. The fourth-order valence-corrected chi connectivity index (χ4v) is 2.56. The van der Waals surface area contributed by atoms with Crippen LogP contribution in [0.15, 0.2) is 48.5 Å². The van der Waals surface area contributed by atoms with E-state index in [1.54, 1.807) is 29.2 Å². The largest absolute Gasteiger partial charge is 0.378 e. The normalized spacial score (nSPS) is 13.6. The Balaban J connectivity index is 1.67. The molecule has 1 aliphatic heterocycles. The smallest absolute Gasteiger partial charge is 0.321 e. The number of hydrogen-bond donors (Lipinski definition) is 2. The van der Waals surface area contributed by atoms with Gasteiger partial charge in [-0.2, -0.15) is 0 Å². The molecular weight excluding hydrogens is 304 g/mol. The molecule has 0 spiro atoms. The third-order valence-corrected chi connectivity index (χ3v) is 3.94. The zero-order valence-corrected chi connectivity index (χ0v) is 13.7. The molecule has 1 fully saturated rings. The summed E-state index contributed by atoms with van der Waals surface area (Å²) in [5, 5.41) is 5.63. The number of hydrogen-bond acceptors (Lipinski definition) is 3. The maximum Gasteiger partial charge on any atom is 0.321 e. The molecule has 6 nitrogen and oxygen atoms in total. The summed E-state index contributed by atoms with van der Waals surface area (Å²) >= 11 is 0. The summed E-state index contributed by atoms with van der Waals surface area (Å²) in [4.78, 5) is 27.6. The van der Waals surface area contributed by atoms with Crippen molar-refractivity contribution in [1.29, 1.82) is 0 Å². The molecule has 1 heterocycles. The molecule has 1 aliphatic rings. The highest BCUT2D eigenvalue weighted by Gasteiger charge is 2.20. The predicted octanol–water partition coefficient (Wildman–Crippen LogP) is 2.53. The van der Waals surface area contributed by atoms with Gasteiger partial charge in [0.25, 0.3) is 5.91 Å². The van der Waals surface area contributed by atoms with E-state index in [1.165, 1.54) is 0 Å². The molecule has 0 atom stereocenters. The van der Waals surface area contributed by atoms with E-state index >= 15 is 0 Å². The number of nitrogens with zero attached hydrogens (tertiary/aromatic N) is 2. The summed E-state index contributed by atoms with van der Waals surface area (Å²) in [7, 11) is 3.91. The molecule has 0 aromatic heterocycles. The molecule has 2 aromatic rings. The van der Waals surface area contributed by atoms with Crippen molar-refractivity contribution in [1.82, 2.24) is 5.32 Å². The Hall–Kier alpha value is -3.02. The van der Waals surface area contributed by atoms with Crippen LogP contribution in [-0.4, -0.2) is 39.1 Å². The van der Waals surface area contributed by atoms with Crippen molar-refractivity contribution in [3.05, 3.63) is 54.1 Å². The Morgan fingerprint density at radius 3 is 2.29 bits per heavy atom. The summed E-state index contributed by atoms with van der Waals surface area (Å²) < 4.78 is 0. The van der Waals surface area contributed by atoms with Crippen molar-refractivity contribution < 1.29 is 9.59 Å². The minimum Gasteiger partial charge on any atom is -0.378 e. The fraction of sp³-hybridized carbons (Fsp3) is 0.222. The van der Waals surface area contributed by atoms with Crippen LogP contribution in [-0.2, 0) is 0 Å².